The number of carboxylic acids is 1. The number of allylic oxidation sites excluding steroid dienone is 3. The fourth-order valence-electron chi connectivity index (χ4n) is 6.11. The molecule has 4 unspecified atom stereocenters. The molecule has 0 saturated heterocycles. The van der Waals surface area contributed by atoms with Gasteiger partial charge >= 0.3 is 11.9 Å². The van der Waals surface area contributed by atoms with E-state index in [1.54, 1.807) is 54.6 Å². The molecule has 2 heterocycles. The van der Waals surface area contributed by atoms with E-state index >= 15 is 0 Å². The second-order valence-corrected chi connectivity index (χ2v) is 9.18. The number of methoxy groups -OCH3 is 2. The Morgan fingerprint density at radius 3 is 2.57 bits per heavy atom. The van der Waals surface area contributed by atoms with Crippen LogP contribution in [0.3, 0.4) is 0 Å². The third-order valence-corrected chi connectivity index (χ3v) is 7.63. The molecule has 2 aromatic rings. The molecule has 0 bridgehead atoms. The van der Waals surface area contributed by atoms with Crippen molar-refractivity contribution in [3.8, 4) is 5.75 Å². The maximum atomic E-state index is 14.1. The minimum atomic E-state index is -2.09. The predicted octanol–water partition coefficient (Wildman–Crippen LogP) is 3.73. The lowest BCUT2D eigenvalue weighted by molar-refractivity contribution is -0.168. The van der Waals surface area contributed by atoms with Crippen LogP contribution in [-0.2, 0) is 28.6 Å². The molecule has 0 radical (unpaired) electrons. The fourth-order valence-corrected chi connectivity index (χ4v) is 6.11. The fraction of sp³-hybridized carbons (Fsp3) is 0.321. The number of ether oxygens (including phenoxy) is 4. The first-order valence-electron chi connectivity index (χ1n) is 11.7. The molecule has 1 spiro atoms. The van der Waals surface area contributed by atoms with E-state index in [4.69, 9.17) is 23.4 Å². The standard InChI is InChI=1S/C28H26O9/c1-33-19-8-5-17(6-9-19)24-27(25(30)31,26(32)34-2)14-18(7-10-20-4-3-13-36-20)28(24)21-15-35-16-37-22(21)11-12-23(28)29/h3-13,18,24H,14-16H2,1-2H3,(H,30,31)/b10-7+. The molecule has 4 atom stereocenters. The van der Waals surface area contributed by atoms with Crippen LogP contribution in [0.2, 0.25) is 0 Å². The van der Waals surface area contributed by atoms with Crippen LogP contribution in [0.15, 0.2) is 76.6 Å². The van der Waals surface area contributed by atoms with E-state index in [9.17, 15) is 19.5 Å². The number of ketones is 1. The number of fused-ring (bicyclic) bond motifs is 1. The quantitative estimate of drug-likeness (QED) is 0.461. The molecule has 1 fully saturated rings. The van der Waals surface area contributed by atoms with E-state index in [2.05, 4.69) is 0 Å². The molecule has 3 aliphatic rings. The molecule has 0 amide bonds. The van der Waals surface area contributed by atoms with Gasteiger partial charge in [-0.05, 0) is 60.4 Å². The first kappa shape index (κ1) is 24.6. The van der Waals surface area contributed by atoms with Gasteiger partial charge in [0, 0.05) is 11.5 Å². The third-order valence-electron chi connectivity index (χ3n) is 7.63. The molecule has 1 N–H and O–H groups in total. The molecule has 37 heavy (non-hydrogen) atoms. The number of hydrogen-bond donors (Lipinski definition) is 1. The summed E-state index contributed by atoms with van der Waals surface area (Å²) in [7, 11) is 2.66. The minimum Gasteiger partial charge on any atom is -0.497 e. The number of carboxylic acid groups (broad SMARTS) is 1. The van der Waals surface area contributed by atoms with Crippen LogP contribution in [0.5, 0.6) is 5.75 Å². The third kappa shape index (κ3) is 3.61. The summed E-state index contributed by atoms with van der Waals surface area (Å²) < 4.78 is 27.2. The number of carbonyl (C=O) groups excluding carboxylic acids is 2. The van der Waals surface area contributed by atoms with Crippen LogP contribution in [0.1, 0.15) is 23.7 Å². The Kier molecular flexibility index (Phi) is 6.25. The van der Waals surface area contributed by atoms with Crippen molar-refractivity contribution >= 4 is 23.8 Å². The summed E-state index contributed by atoms with van der Waals surface area (Å²) in [6.45, 7) is 0.0364. The molecule has 1 aromatic carbocycles. The largest absolute Gasteiger partial charge is 0.497 e. The number of aliphatic carboxylic acids is 1. The maximum absolute atomic E-state index is 14.1. The van der Waals surface area contributed by atoms with Crippen LogP contribution in [0.25, 0.3) is 6.08 Å². The Hall–Kier alpha value is -4.11. The van der Waals surface area contributed by atoms with Gasteiger partial charge < -0.3 is 28.5 Å². The van der Waals surface area contributed by atoms with Gasteiger partial charge in [0.15, 0.2) is 18.0 Å². The van der Waals surface area contributed by atoms with Gasteiger partial charge in [-0.1, -0.05) is 18.2 Å². The molecule has 1 aromatic heterocycles. The van der Waals surface area contributed by atoms with Gasteiger partial charge in [-0.25, -0.2) is 0 Å². The molecule has 9 nitrogen and oxygen atoms in total. The van der Waals surface area contributed by atoms with E-state index in [1.807, 2.05) is 0 Å². The highest BCUT2D eigenvalue weighted by Gasteiger charge is 2.73. The SMILES string of the molecule is COC(=O)C1(C(=O)O)CC(/C=C/c2ccco2)C2(C(=O)C=CC3=C2COCO3)C1c1ccc(OC)cc1. The summed E-state index contributed by atoms with van der Waals surface area (Å²) in [6.07, 6.45) is 7.70. The van der Waals surface area contributed by atoms with Gasteiger partial charge in [0.1, 0.15) is 17.3 Å². The highest BCUT2D eigenvalue weighted by atomic mass is 16.7. The van der Waals surface area contributed by atoms with Crippen molar-refractivity contribution in [1.82, 2.24) is 0 Å². The van der Waals surface area contributed by atoms with Gasteiger partial charge in [0.2, 0.25) is 0 Å². The number of rotatable bonds is 6. The molecule has 192 valence electrons. The van der Waals surface area contributed by atoms with Gasteiger partial charge in [0.25, 0.3) is 0 Å². The highest BCUT2D eigenvalue weighted by Crippen LogP contribution is 2.68. The summed E-state index contributed by atoms with van der Waals surface area (Å²) in [5.41, 5.74) is -2.62. The van der Waals surface area contributed by atoms with Crippen LogP contribution in [0.4, 0.5) is 0 Å². The maximum Gasteiger partial charge on any atom is 0.323 e. The van der Waals surface area contributed by atoms with Crippen molar-refractivity contribution in [2.45, 2.75) is 12.3 Å². The second-order valence-electron chi connectivity index (χ2n) is 9.18. The molecular weight excluding hydrogens is 480 g/mol. The lowest BCUT2D eigenvalue weighted by atomic mass is 9.57. The number of furan rings is 1. The zero-order valence-corrected chi connectivity index (χ0v) is 20.3. The van der Waals surface area contributed by atoms with Gasteiger partial charge in [0.05, 0.1) is 32.5 Å². The zero-order valence-electron chi connectivity index (χ0n) is 20.3. The van der Waals surface area contributed by atoms with Crippen molar-refractivity contribution in [2.24, 2.45) is 16.7 Å². The molecular formula is C28H26O9. The zero-order chi connectivity index (χ0) is 26.2. The number of benzene rings is 1. The van der Waals surface area contributed by atoms with Crippen molar-refractivity contribution < 1.29 is 42.9 Å². The Morgan fingerprint density at radius 2 is 1.92 bits per heavy atom. The minimum absolute atomic E-state index is 0.00533. The molecule has 2 aliphatic carbocycles. The molecule has 1 aliphatic heterocycles. The Labute approximate surface area is 212 Å². The topological polar surface area (TPSA) is 122 Å². The molecule has 5 rings (SSSR count). The van der Waals surface area contributed by atoms with Crippen LogP contribution >= 0.6 is 0 Å². The average Bonchev–Trinajstić information content (AvgIpc) is 3.55. The number of hydrogen-bond acceptors (Lipinski definition) is 8. The van der Waals surface area contributed by atoms with Crippen LogP contribution in [0, 0.1) is 16.7 Å². The van der Waals surface area contributed by atoms with E-state index < -0.39 is 34.6 Å². The average molecular weight is 507 g/mol. The first-order valence-corrected chi connectivity index (χ1v) is 11.7. The first-order chi connectivity index (χ1) is 17.9. The normalized spacial score (nSPS) is 28.9. The van der Waals surface area contributed by atoms with E-state index in [-0.39, 0.29) is 25.6 Å². The van der Waals surface area contributed by atoms with Crippen molar-refractivity contribution in [1.29, 1.82) is 0 Å². The van der Waals surface area contributed by atoms with Gasteiger partial charge in [-0.3, -0.25) is 14.4 Å². The van der Waals surface area contributed by atoms with Crippen molar-refractivity contribution in [3.63, 3.8) is 0 Å². The Bertz CT molecular complexity index is 1300. The van der Waals surface area contributed by atoms with Gasteiger partial charge in [-0.15, -0.1) is 0 Å². The Morgan fingerprint density at radius 1 is 1.14 bits per heavy atom. The summed E-state index contributed by atoms with van der Waals surface area (Å²) in [5, 5.41) is 10.7. The summed E-state index contributed by atoms with van der Waals surface area (Å²) in [6, 6.07) is 10.2. The monoisotopic (exact) mass is 506 g/mol. The van der Waals surface area contributed by atoms with E-state index in [0.717, 1.165) is 7.11 Å². The van der Waals surface area contributed by atoms with Crippen LogP contribution < -0.4 is 4.74 Å². The van der Waals surface area contributed by atoms with Crippen molar-refractivity contribution in [2.75, 3.05) is 27.6 Å². The summed E-state index contributed by atoms with van der Waals surface area (Å²) in [5.74, 6) is -3.04. The lowest BCUT2D eigenvalue weighted by Gasteiger charge is -2.45. The summed E-state index contributed by atoms with van der Waals surface area (Å²) >= 11 is 0. The molecule has 1 saturated carbocycles. The number of carbonyl (C=O) groups is 3. The molecule has 9 heteroatoms. The predicted molar refractivity (Wildman–Crippen MR) is 129 cm³/mol. The second kappa shape index (κ2) is 9.40. The lowest BCUT2D eigenvalue weighted by Crippen LogP contribution is -2.50. The van der Waals surface area contributed by atoms with E-state index in [0.29, 0.717) is 28.4 Å². The Balaban J connectivity index is 1.83. The van der Waals surface area contributed by atoms with Crippen molar-refractivity contribution in [3.05, 3.63) is 83.5 Å². The van der Waals surface area contributed by atoms with E-state index in [1.165, 1.54) is 19.4 Å². The smallest absolute Gasteiger partial charge is 0.323 e. The number of esters is 1. The van der Waals surface area contributed by atoms with Gasteiger partial charge in [-0.2, -0.15) is 0 Å². The highest BCUT2D eigenvalue weighted by molar-refractivity contribution is 6.07. The summed E-state index contributed by atoms with van der Waals surface area (Å²) in [4.78, 5) is 40.7. The van der Waals surface area contributed by atoms with Crippen LogP contribution in [-0.4, -0.2) is 50.4 Å².